The van der Waals surface area contributed by atoms with Crippen molar-refractivity contribution in [2.24, 2.45) is 0 Å². The maximum Gasteiger partial charge on any atom is 0.286 e. The van der Waals surface area contributed by atoms with Crippen LogP contribution in [0.25, 0.3) is 0 Å². The van der Waals surface area contributed by atoms with Gasteiger partial charge < -0.3 is 0 Å². The lowest BCUT2D eigenvalue weighted by atomic mass is 9.85. The van der Waals surface area contributed by atoms with Crippen LogP contribution < -0.4 is 0 Å². The topological polar surface area (TPSA) is 12.9 Å². The van der Waals surface area contributed by atoms with Crippen LogP contribution in [0, 0.1) is 0 Å². The molecule has 0 unspecified atom stereocenters. The van der Waals surface area contributed by atoms with Crippen molar-refractivity contribution in [1.29, 1.82) is 0 Å². The Bertz CT molecular complexity index is 334. The summed E-state index contributed by atoms with van der Waals surface area (Å²) < 4.78 is 25.9. The smallest absolute Gasteiger partial charge is 0.255 e. The lowest BCUT2D eigenvalue weighted by Gasteiger charge is -2.22. The molecule has 0 aliphatic heterocycles. The quantitative estimate of drug-likeness (QED) is 0.733. The van der Waals surface area contributed by atoms with Gasteiger partial charge in [-0.1, -0.05) is 25.3 Å². The molecule has 0 bridgehead atoms. The number of nitrogens with zero attached hydrogens (tertiary/aromatic N) is 1. The second-order valence-corrected chi connectivity index (χ2v) is 4.70. The predicted octanol–water partition coefficient (Wildman–Crippen LogP) is 4.24. The average molecular weight is 225 g/mol. The third-order valence-electron chi connectivity index (χ3n) is 3.31. The van der Waals surface area contributed by atoms with Crippen molar-refractivity contribution in [2.45, 2.75) is 50.9 Å². The molecule has 0 aromatic carbocycles. The molecule has 1 heterocycles. The van der Waals surface area contributed by atoms with Crippen LogP contribution in [0.5, 0.6) is 0 Å². The van der Waals surface area contributed by atoms with Gasteiger partial charge in [-0.15, -0.1) is 0 Å². The molecule has 0 atom stereocenters. The predicted molar refractivity (Wildman–Crippen MR) is 59.6 cm³/mol. The molecule has 1 aliphatic rings. The molecule has 1 saturated carbocycles. The van der Waals surface area contributed by atoms with Crippen molar-refractivity contribution < 1.29 is 8.78 Å². The molecule has 0 N–H and O–H groups in total. The summed E-state index contributed by atoms with van der Waals surface area (Å²) in [5.41, 5.74) is 0.986. The number of halogens is 2. The molecule has 0 amide bonds. The molecule has 88 valence electrons. The van der Waals surface area contributed by atoms with Crippen LogP contribution in [-0.2, 0) is 5.92 Å². The first-order valence-electron chi connectivity index (χ1n) is 5.91. The maximum atomic E-state index is 13.0. The number of hydrogen-bond donors (Lipinski definition) is 0. The summed E-state index contributed by atoms with van der Waals surface area (Å²) in [6.07, 6.45) is 7.76. The zero-order valence-corrected chi connectivity index (χ0v) is 9.55. The van der Waals surface area contributed by atoms with Crippen LogP contribution in [0.1, 0.15) is 56.2 Å². The lowest BCUT2D eigenvalue weighted by molar-refractivity contribution is 0.0127. The molecule has 1 nitrogen and oxygen atoms in total. The van der Waals surface area contributed by atoms with Gasteiger partial charge in [-0.25, -0.2) is 0 Å². The number of aromatic nitrogens is 1. The molecule has 0 spiro atoms. The van der Waals surface area contributed by atoms with Crippen LogP contribution >= 0.6 is 0 Å². The van der Waals surface area contributed by atoms with Crippen LogP contribution in [-0.4, -0.2) is 4.98 Å². The van der Waals surface area contributed by atoms with Crippen molar-refractivity contribution in [2.75, 3.05) is 0 Å². The first kappa shape index (κ1) is 11.5. The standard InChI is InChI=1S/C13H17F2N/c1-13(14,15)12-8-7-11(9-16-12)10-5-3-2-4-6-10/h7-10H,2-6H2,1H3. The van der Waals surface area contributed by atoms with Crippen molar-refractivity contribution in [3.63, 3.8) is 0 Å². The molecular weight excluding hydrogens is 208 g/mol. The minimum Gasteiger partial charge on any atom is -0.255 e. The van der Waals surface area contributed by atoms with Gasteiger partial charge >= 0.3 is 0 Å². The van der Waals surface area contributed by atoms with Gasteiger partial charge in [0.1, 0.15) is 5.69 Å². The SMILES string of the molecule is CC(F)(F)c1ccc(C2CCCCC2)cn1. The van der Waals surface area contributed by atoms with E-state index in [9.17, 15) is 8.78 Å². The first-order valence-corrected chi connectivity index (χ1v) is 5.91. The Balaban J connectivity index is 2.12. The van der Waals surface area contributed by atoms with Gasteiger partial charge in [0, 0.05) is 13.1 Å². The molecule has 0 saturated heterocycles. The Hall–Kier alpha value is -0.990. The Labute approximate surface area is 94.9 Å². The Morgan fingerprint density at radius 3 is 2.38 bits per heavy atom. The summed E-state index contributed by atoms with van der Waals surface area (Å²) in [5, 5.41) is 0. The van der Waals surface area contributed by atoms with Crippen molar-refractivity contribution in [3.05, 3.63) is 29.6 Å². The van der Waals surface area contributed by atoms with Gasteiger partial charge in [-0.2, -0.15) is 8.78 Å². The highest BCUT2D eigenvalue weighted by Gasteiger charge is 2.26. The van der Waals surface area contributed by atoms with Crippen molar-refractivity contribution in [1.82, 2.24) is 4.98 Å². The summed E-state index contributed by atoms with van der Waals surface area (Å²) in [6, 6.07) is 3.28. The van der Waals surface area contributed by atoms with E-state index < -0.39 is 5.92 Å². The van der Waals surface area contributed by atoms with Crippen LogP contribution in [0.2, 0.25) is 0 Å². The Morgan fingerprint density at radius 1 is 1.19 bits per heavy atom. The van der Waals surface area contributed by atoms with Crippen LogP contribution in [0.3, 0.4) is 0 Å². The fourth-order valence-corrected chi connectivity index (χ4v) is 2.34. The van der Waals surface area contributed by atoms with Gasteiger partial charge in [0.25, 0.3) is 5.92 Å². The number of alkyl halides is 2. The van der Waals surface area contributed by atoms with Gasteiger partial charge in [0.2, 0.25) is 0 Å². The highest BCUT2D eigenvalue weighted by Crippen LogP contribution is 2.33. The van der Waals surface area contributed by atoms with E-state index in [0.717, 1.165) is 12.5 Å². The maximum absolute atomic E-state index is 13.0. The molecule has 1 fully saturated rings. The van der Waals surface area contributed by atoms with E-state index in [2.05, 4.69) is 4.98 Å². The zero-order valence-electron chi connectivity index (χ0n) is 9.55. The second-order valence-electron chi connectivity index (χ2n) is 4.70. The zero-order chi connectivity index (χ0) is 11.6. The fraction of sp³-hybridized carbons (Fsp3) is 0.615. The molecule has 1 aliphatic carbocycles. The molecule has 2 rings (SSSR count). The van der Waals surface area contributed by atoms with E-state index in [-0.39, 0.29) is 5.69 Å². The molecular formula is C13H17F2N. The Morgan fingerprint density at radius 2 is 1.88 bits per heavy atom. The van der Waals surface area contributed by atoms with E-state index in [0.29, 0.717) is 5.92 Å². The second kappa shape index (κ2) is 4.48. The van der Waals surface area contributed by atoms with Crippen LogP contribution in [0.15, 0.2) is 18.3 Å². The summed E-state index contributed by atoms with van der Waals surface area (Å²) in [7, 11) is 0. The van der Waals surface area contributed by atoms with Crippen molar-refractivity contribution >= 4 is 0 Å². The molecule has 3 heteroatoms. The third kappa shape index (κ3) is 2.57. The first-order chi connectivity index (χ1) is 7.57. The minimum absolute atomic E-state index is 0.132. The normalized spacial score (nSPS) is 18.7. The van der Waals surface area contributed by atoms with Crippen LogP contribution in [0.4, 0.5) is 8.78 Å². The third-order valence-corrected chi connectivity index (χ3v) is 3.31. The minimum atomic E-state index is -2.83. The van der Waals surface area contributed by atoms with Gasteiger partial charge in [-0.3, -0.25) is 4.98 Å². The van der Waals surface area contributed by atoms with E-state index in [1.54, 1.807) is 6.20 Å². The van der Waals surface area contributed by atoms with E-state index in [1.165, 1.54) is 38.2 Å². The number of hydrogen-bond acceptors (Lipinski definition) is 1. The highest BCUT2D eigenvalue weighted by molar-refractivity contribution is 5.20. The fourth-order valence-electron chi connectivity index (χ4n) is 2.34. The highest BCUT2D eigenvalue weighted by atomic mass is 19.3. The van der Waals surface area contributed by atoms with E-state index in [1.807, 2.05) is 6.07 Å². The summed E-state index contributed by atoms with van der Waals surface area (Å²) in [5.74, 6) is -2.30. The monoisotopic (exact) mass is 225 g/mol. The Kier molecular flexibility index (Phi) is 3.22. The number of rotatable bonds is 2. The average Bonchev–Trinajstić information content (AvgIpc) is 2.29. The summed E-state index contributed by atoms with van der Waals surface area (Å²) >= 11 is 0. The molecule has 1 aromatic heterocycles. The van der Waals surface area contributed by atoms with Crippen molar-refractivity contribution in [3.8, 4) is 0 Å². The molecule has 0 radical (unpaired) electrons. The molecule has 1 aromatic rings. The number of pyridine rings is 1. The van der Waals surface area contributed by atoms with E-state index >= 15 is 0 Å². The largest absolute Gasteiger partial charge is 0.286 e. The van der Waals surface area contributed by atoms with Gasteiger partial charge in [0.15, 0.2) is 0 Å². The van der Waals surface area contributed by atoms with Gasteiger partial charge in [-0.05, 0) is 30.4 Å². The molecule has 16 heavy (non-hydrogen) atoms. The summed E-state index contributed by atoms with van der Waals surface area (Å²) in [4.78, 5) is 3.88. The van der Waals surface area contributed by atoms with Gasteiger partial charge in [0.05, 0.1) is 0 Å². The summed E-state index contributed by atoms with van der Waals surface area (Å²) in [6.45, 7) is 0.885. The lowest BCUT2D eigenvalue weighted by Crippen LogP contribution is -2.11. The van der Waals surface area contributed by atoms with E-state index in [4.69, 9.17) is 0 Å².